The topological polar surface area (TPSA) is 55.9 Å². The van der Waals surface area contributed by atoms with Crippen LogP contribution in [-0.2, 0) is 6.18 Å². The SMILES string of the molecule is O=C([O-])c1cc2c(-c3ccccc3Cl)cc(C(F)(F)F)cc2[nH]1. The van der Waals surface area contributed by atoms with E-state index >= 15 is 0 Å². The zero-order valence-corrected chi connectivity index (χ0v) is 12.1. The lowest BCUT2D eigenvalue weighted by Gasteiger charge is -2.11. The number of nitrogens with one attached hydrogen (secondary N) is 1. The third-order valence-corrected chi connectivity index (χ3v) is 3.78. The highest BCUT2D eigenvalue weighted by molar-refractivity contribution is 6.33. The van der Waals surface area contributed by atoms with Gasteiger partial charge in [-0.05, 0) is 29.8 Å². The fraction of sp³-hybridized carbons (Fsp3) is 0.0625. The Bertz CT molecular complexity index is 915. The van der Waals surface area contributed by atoms with Crippen LogP contribution in [0.1, 0.15) is 16.1 Å². The van der Waals surface area contributed by atoms with Crippen LogP contribution >= 0.6 is 11.6 Å². The van der Waals surface area contributed by atoms with Crippen molar-refractivity contribution in [3.05, 3.63) is 58.7 Å². The maximum absolute atomic E-state index is 13.1. The number of hydrogen-bond acceptors (Lipinski definition) is 2. The molecule has 0 spiro atoms. The normalized spacial score (nSPS) is 11.8. The van der Waals surface area contributed by atoms with Crippen molar-refractivity contribution in [3.8, 4) is 11.1 Å². The number of halogens is 4. The molecule has 1 N–H and O–H groups in total. The molecule has 2 aromatic carbocycles. The van der Waals surface area contributed by atoms with Crippen LogP contribution in [0.25, 0.3) is 22.0 Å². The Morgan fingerprint density at radius 2 is 1.78 bits per heavy atom. The molecule has 0 aliphatic heterocycles. The Kier molecular flexibility index (Phi) is 3.56. The van der Waals surface area contributed by atoms with E-state index in [0.29, 0.717) is 10.9 Å². The summed E-state index contributed by atoms with van der Waals surface area (Å²) in [6.07, 6.45) is -4.57. The van der Waals surface area contributed by atoms with Crippen molar-refractivity contribution in [2.75, 3.05) is 0 Å². The Morgan fingerprint density at radius 3 is 2.39 bits per heavy atom. The van der Waals surface area contributed by atoms with Crippen molar-refractivity contribution in [1.82, 2.24) is 4.98 Å². The molecule has 1 heterocycles. The second kappa shape index (κ2) is 5.31. The summed E-state index contributed by atoms with van der Waals surface area (Å²) < 4.78 is 39.3. The van der Waals surface area contributed by atoms with E-state index < -0.39 is 17.7 Å². The highest BCUT2D eigenvalue weighted by Gasteiger charge is 2.32. The zero-order chi connectivity index (χ0) is 16.8. The molecule has 7 heteroatoms. The van der Waals surface area contributed by atoms with Gasteiger partial charge in [0, 0.05) is 21.5 Å². The zero-order valence-electron chi connectivity index (χ0n) is 11.4. The fourth-order valence-corrected chi connectivity index (χ4v) is 2.65. The minimum atomic E-state index is -4.57. The van der Waals surface area contributed by atoms with Crippen molar-refractivity contribution in [3.63, 3.8) is 0 Å². The van der Waals surface area contributed by atoms with Gasteiger partial charge in [0.1, 0.15) is 0 Å². The van der Waals surface area contributed by atoms with Gasteiger partial charge in [0.15, 0.2) is 0 Å². The summed E-state index contributed by atoms with van der Waals surface area (Å²) in [6.45, 7) is 0. The van der Waals surface area contributed by atoms with Crippen LogP contribution in [-0.4, -0.2) is 11.0 Å². The van der Waals surface area contributed by atoms with Crippen molar-refractivity contribution >= 4 is 28.5 Å². The standard InChI is InChI=1S/C16H9ClF3NO2/c17-12-4-2-1-3-9(12)10-5-8(16(18,19)20)6-13-11(10)7-14(21-13)15(22)23/h1-7,21H,(H,22,23)/p-1. The van der Waals surface area contributed by atoms with Crippen LogP contribution in [0, 0.1) is 0 Å². The van der Waals surface area contributed by atoms with Crippen LogP contribution in [0.15, 0.2) is 42.5 Å². The van der Waals surface area contributed by atoms with Crippen LogP contribution < -0.4 is 5.11 Å². The first kappa shape index (κ1) is 15.4. The molecule has 0 amide bonds. The molecule has 0 radical (unpaired) electrons. The Balaban J connectivity index is 2.38. The fourth-order valence-electron chi connectivity index (χ4n) is 2.41. The van der Waals surface area contributed by atoms with Gasteiger partial charge in [-0.25, -0.2) is 0 Å². The Hall–Kier alpha value is -2.47. The van der Waals surface area contributed by atoms with Gasteiger partial charge in [-0.1, -0.05) is 29.8 Å². The summed E-state index contributed by atoms with van der Waals surface area (Å²) in [5, 5.41) is 11.6. The number of alkyl halides is 3. The van der Waals surface area contributed by atoms with Crippen LogP contribution in [0.3, 0.4) is 0 Å². The molecule has 3 nitrogen and oxygen atoms in total. The predicted molar refractivity (Wildman–Crippen MR) is 78.1 cm³/mol. The average molecular weight is 339 g/mol. The number of carboxylic acid groups (broad SMARTS) is 1. The number of benzene rings is 2. The maximum atomic E-state index is 13.1. The lowest BCUT2D eigenvalue weighted by atomic mass is 9.98. The minimum Gasteiger partial charge on any atom is -0.543 e. The first-order valence-electron chi connectivity index (χ1n) is 6.47. The van der Waals surface area contributed by atoms with Gasteiger partial charge in [-0.3, -0.25) is 0 Å². The quantitative estimate of drug-likeness (QED) is 0.771. The third kappa shape index (κ3) is 2.77. The number of aromatic nitrogens is 1. The molecule has 23 heavy (non-hydrogen) atoms. The molecule has 0 atom stereocenters. The van der Waals surface area contributed by atoms with Gasteiger partial charge in [0.2, 0.25) is 0 Å². The highest BCUT2D eigenvalue weighted by atomic mass is 35.5. The van der Waals surface area contributed by atoms with E-state index in [-0.39, 0.29) is 21.8 Å². The lowest BCUT2D eigenvalue weighted by Crippen LogP contribution is -2.22. The molecule has 0 fully saturated rings. The Morgan fingerprint density at radius 1 is 1.09 bits per heavy atom. The number of aromatic carboxylic acids is 1. The van der Waals surface area contributed by atoms with Crippen LogP contribution in [0.4, 0.5) is 13.2 Å². The smallest absolute Gasteiger partial charge is 0.416 e. The summed E-state index contributed by atoms with van der Waals surface area (Å²) in [5.74, 6) is -1.50. The number of carboxylic acids is 1. The van der Waals surface area contributed by atoms with E-state index in [1.807, 2.05) is 0 Å². The van der Waals surface area contributed by atoms with Crippen molar-refractivity contribution in [2.24, 2.45) is 0 Å². The van der Waals surface area contributed by atoms with E-state index in [1.54, 1.807) is 24.3 Å². The number of fused-ring (bicyclic) bond motifs is 1. The summed E-state index contributed by atoms with van der Waals surface area (Å²) in [4.78, 5) is 13.4. The van der Waals surface area contributed by atoms with E-state index in [1.165, 1.54) is 6.07 Å². The van der Waals surface area contributed by atoms with E-state index in [2.05, 4.69) is 4.98 Å². The largest absolute Gasteiger partial charge is 0.543 e. The molecule has 0 aliphatic rings. The molecular weight excluding hydrogens is 331 g/mol. The van der Waals surface area contributed by atoms with Crippen molar-refractivity contribution in [1.29, 1.82) is 0 Å². The van der Waals surface area contributed by atoms with Crippen LogP contribution in [0.5, 0.6) is 0 Å². The second-order valence-electron chi connectivity index (χ2n) is 4.93. The maximum Gasteiger partial charge on any atom is 0.416 e. The molecule has 0 aliphatic carbocycles. The monoisotopic (exact) mass is 338 g/mol. The van der Waals surface area contributed by atoms with Gasteiger partial charge in [-0.15, -0.1) is 0 Å². The number of carbonyl (C=O) groups is 1. The molecule has 3 rings (SSSR count). The van der Waals surface area contributed by atoms with Crippen molar-refractivity contribution < 1.29 is 23.1 Å². The molecule has 0 saturated carbocycles. The molecular formula is C16H8ClF3NO2-. The molecule has 0 unspecified atom stereocenters. The van der Waals surface area contributed by atoms with E-state index in [4.69, 9.17) is 11.6 Å². The first-order valence-corrected chi connectivity index (χ1v) is 6.85. The molecule has 3 aromatic rings. The summed E-state index contributed by atoms with van der Waals surface area (Å²) in [7, 11) is 0. The number of carbonyl (C=O) groups excluding carboxylic acids is 1. The van der Waals surface area contributed by atoms with Crippen molar-refractivity contribution in [2.45, 2.75) is 6.18 Å². The third-order valence-electron chi connectivity index (χ3n) is 3.45. The summed E-state index contributed by atoms with van der Waals surface area (Å²) >= 11 is 6.07. The minimum absolute atomic E-state index is 0.0499. The highest BCUT2D eigenvalue weighted by Crippen LogP contribution is 2.39. The number of hydrogen-bond donors (Lipinski definition) is 1. The Labute approximate surface area is 133 Å². The van der Waals surface area contributed by atoms with Gasteiger partial charge in [0.25, 0.3) is 0 Å². The van der Waals surface area contributed by atoms with Gasteiger partial charge >= 0.3 is 6.18 Å². The summed E-state index contributed by atoms with van der Waals surface area (Å²) in [5.41, 5.74) is -0.563. The number of H-pyrrole nitrogens is 1. The molecule has 0 bridgehead atoms. The average Bonchev–Trinajstić information content (AvgIpc) is 2.90. The van der Waals surface area contributed by atoms with Gasteiger partial charge in [-0.2, -0.15) is 13.2 Å². The molecule has 1 aromatic heterocycles. The predicted octanol–water partition coefficient (Wildman–Crippen LogP) is 3.87. The molecule has 118 valence electrons. The van der Waals surface area contributed by atoms with E-state index in [0.717, 1.165) is 12.1 Å². The first-order chi connectivity index (χ1) is 10.8. The lowest BCUT2D eigenvalue weighted by molar-refractivity contribution is -0.255. The molecule has 0 saturated heterocycles. The van der Waals surface area contributed by atoms with Crippen LogP contribution in [0.2, 0.25) is 5.02 Å². The van der Waals surface area contributed by atoms with Gasteiger partial charge < -0.3 is 14.9 Å². The number of rotatable bonds is 2. The summed E-state index contributed by atoms with van der Waals surface area (Å²) in [6, 6.07) is 9.47. The second-order valence-corrected chi connectivity index (χ2v) is 5.34. The number of aromatic amines is 1. The van der Waals surface area contributed by atoms with Gasteiger partial charge in [0.05, 0.1) is 17.2 Å². The van der Waals surface area contributed by atoms with E-state index in [9.17, 15) is 23.1 Å².